The maximum atomic E-state index is 8.70. The molecule has 0 aliphatic carbocycles. The summed E-state index contributed by atoms with van der Waals surface area (Å²) in [4.78, 5) is 0. The molecule has 0 saturated heterocycles. The summed E-state index contributed by atoms with van der Waals surface area (Å²) in [5.74, 6) is 0. The van der Waals surface area contributed by atoms with Crippen LogP contribution in [0.5, 0.6) is 0 Å². The minimum atomic E-state index is -4.07. The number of rotatable bonds is 12. The van der Waals surface area contributed by atoms with E-state index < -0.39 is 18.1 Å². The van der Waals surface area contributed by atoms with E-state index in [9.17, 15) is 0 Å². The summed E-state index contributed by atoms with van der Waals surface area (Å²) in [6, 6.07) is 0. The summed E-state index contributed by atoms with van der Waals surface area (Å²) in [7, 11) is 0. The quantitative estimate of drug-likeness (QED) is 0.300. The van der Waals surface area contributed by atoms with Gasteiger partial charge in [0.05, 0.1) is 0 Å². The van der Waals surface area contributed by atoms with E-state index in [1.165, 1.54) is 0 Å². The van der Waals surface area contributed by atoms with Crippen molar-refractivity contribution in [1.82, 2.24) is 0 Å². The Morgan fingerprint density at radius 2 is 0.765 bits per heavy atom. The predicted octanol–water partition coefficient (Wildman–Crippen LogP) is -2.16. The van der Waals surface area contributed by atoms with Crippen LogP contribution < -0.4 is 0 Å². The molecule has 17 heavy (non-hydrogen) atoms. The van der Waals surface area contributed by atoms with E-state index in [-0.39, 0.29) is 52.9 Å². The zero-order valence-electron chi connectivity index (χ0n) is 9.58. The van der Waals surface area contributed by atoms with Gasteiger partial charge in [0, 0.05) is 0 Å². The van der Waals surface area contributed by atoms with E-state index in [0.717, 1.165) is 0 Å². The summed E-state index contributed by atoms with van der Waals surface area (Å²) >= 11 is -4.07. The fourth-order valence-corrected chi connectivity index (χ4v) is 3.85. The van der Waals surface area contributed by atoms with E-state index in [1.807, 2.05) is 0 Å². The molecule has 0 aromatic rings. The molecule has 0 atom stereocenters. The third-order valence-electron chi connectivity index (χ3n) is 1.48. The molecule has 0 bridgehead atoms. The average Bonchev–Trinajstić information content (AvgIpc) is 2.37. The van der Waals surface area contributed by atoms with Gasteiger partial charge < -0.3 is 0 Å². The Kier molecular flexibility index (Phi) is 11.7. The normalized spacial score (nSPS) is 12.0. The van der Waals surface area contributed by atoms with E-state index in [2.05, 4.69) is 0 Å². The van der Waals surface area contributed by atoms with Gasteiger partial charge in [0.15, 0.2) is 0 Å². The monoisotopic (exact) mass is 292 g/mol. The van der Waals surface area contributed by atoms with Crippen molar-refractivity contribution < 1.29 is 51.8 Å². The van der Waals surface area contributed by atoms with E-state index in [0.29, 0.717) is 0 Å². The fourth-order valence-electron chi connectivity index (χ4n) is 0.933. The number of aliphatic hydroxyl groups excluding tert-OH is 4. The molecule has 0 amide bonds. The topological polar surface area (TPSA) is 118 Å². The Balaban J connectivity index is 4.39. The first-order valence-corrected chi connectivity index (χ1v) is 7.79. The number of hydrogen-bond acceptors (Lipinski definition) is 8. The van der Waals surface area contributed by atoms with Gasteiger partial charge in [-0.15, -0.1) is 0 Å². The van der Waals surface area contributed by atoms with Crippen molar-refractivity contribution in [2.75, 3.05) is 52.9 Å². The van der Waals surface area contributed by atoms with Gasteiger partial charge in [-0.1, -0.05) is 0 Å². The van der Waals surface area contributed by atoms with Crippen molar-refractivity contribution in [2.24, 2.45) is 0 Å². The summed E-state index contributed by atoms with van der Waals surface area (Å²) in [6.07, 6.45) is 0. The van der Waals surface area contributed by atoms with Crippen LogP contribution in [0.15, 0.2) is 0 Å². The van der Waals surface area contributed by atoms with Crippen LogP contribution in [0.3, 0.4) is 0 Å². The Labute approximate surface area is 105 Å². The van der Waals surface area contributed by atoms with E-state index in [1.54, 1.807) is 0 Å². The molecule has 0 aliphatic rings. The molecule has 0 heterocycles. The molecule has 0 unspecified atom stereocenters. The summed E-state index contributed by atoms with van der Waals surface area (Å²) in [5.41, 5.74) is 0. The van der Waals surface area contributed by atoms with Crippen LogP contribution in [-0.4, -0.2) is 73.3 Å². The van der Waals surface area contributed by atoms with Gasteiger partial charge in [0.25, 0.3) is 0 Å². The van der Waals surface area contributed by atoms with Gasteiger partial charge >= 0.3 is 105 Å². The zero-order valence-corrected chi connectivity index (χ0v) is 11.1. The Morgan fingerprint density at radius 1 is 0.529 bits per heavy atom. The van der Waals surface area contributed by atoms with E-state index in [4.69, 9.17) is 33.7 Å². The second kappa shape index (κ2) is 11.5. The fraction of sp³-hybridized carbons (Fsp3) is 1.00. The second-order valence-electron chi connectivity index (χ2n) is 2.79. The maximum absolute atomic E-state index is 8.70. The number of aliphatic hydroxyl groups is 4. The van der Waals surface area contributed by atoms with Crippen LogP contribution in [-0.2, 0) is 31.4 Å². The Morgan fingerprint density at radius 3 is 0.941 bits per heavy atom. The van der Waals surface area contributed by atoms with Crippen molar-refractivity contribution in [3.05, 3.63) is 0 Å². The van der Waals surface area contributed by atoms with Gasteiger partial charge in [-0.3, -0.25) is 0 Å². The molecule has 0 saturated carbocycles. The average molecular weight is 292 g/mol. The third-order valence-corrected chi connectivity index (χ3v) is 4.96. The molecule has 0 rings (SSSR count). The molecular formula is C8H20O8Ti. The molecule has 0 aromatic carbocycles. The van der Waals surface area contributed by atoms with Crippen molar-refractivity contribution >= 4 is 0 Å². The van der Waals surface area contributed by atoms with Crippen LogP contribution in [0.1, 0.15) is 0 Å². The minimum absolute atomic E-state index is 0.0394. The standard InChI is InChI=1S/4C2H5O2.Ti/c4*3-1-2-4;/h4*3H,1-2H2;/q4*-1;+4. The van der Waals surface area contributed by atoms with Gasteiger partial charge in [-0.05, 0) is 0 Å². The van der Waals surface area contributed by atoms with Crippen LogP contribution in [0.25, 0.3) is 0 Å². The molecule has 0 aromatic heterocycles. The zero-order chi connectivity index (χ0) is 13.0. The van der Waals surface area contributed by atoms with Crippen LogP contribution in [0.4, 0.5) is 0 Å². The molecule has 0 aliphatic heterocycles. The van der Waals surface area contributed by atoms with Crippen molar-refractivity contribution in [2.45, 2.75) is 0 Å². The third kappa shape index (κ3) is 8.17. The van der Waals surface area contributed by atoms with Crippen LogP contribution in [0.2, 0.25) is 0 Å². The summed E-state index contributed by atoms with van der Waals surface area (Å²) in [5, 5.41) is 34.8. The van der Waals surface area contributed by atoms with Gasteiger partial charge in [0.1, 0.15) is 0 Å². The molecule has 4 N–H and O–H groups in total. The predicted molar refractivity (Wildman–Crippen MR) is 52.2 cm³/mol. The van der Waals surface area contributed by atoms with E-state index >= 15 is 0 Å². The SMILES string of the molecule is OCC[O][Ti]([O]CCO)([O]CCO)[O]CCO. The van der Waals surface area contributed by atoms with Crippen LogP contribution in [0, 0.1) is 0 Å². The number of hydrogen-bond donors (Lipinski definition) is 4. The molecule has 8 nitrogen and oxygen atoms in total. The first-order valence-electron chi connectivity index (χ1n) is 5.24. The molecule has 9 heteroatoms. The van der Waals surface area contributed by atoms with Crippen molar-refractivity contribution in [3.8, 4) is 0 Å². The molecule has 0 radical (unpaired) electrons. The van der Waals surface area contributed by atoms with Crippen LogP contribution >= 0.6 is 0 Å². The Hall–Kier alpha value is 0.394. The molecule has 0 spiro atoms. The summed E-state index contributed by atoms with van der Waals surface area (Å²) < 4.78 is 20.9. The van der Waals surface area contributed by atoms with Gasteiger partial charge in [0.2, 0.25) is 0 Å². The van der Waals surface area contributed by atoms with Gasteiger partial charge in [-0.25, -0.2) is 0 Å². The first-order chi connectivity index (χ1) is 8.24. The van der Waals surface area contributed by atoms with Crippen molar-refractivity contribution in [3.63, 3.8) is 0 Å². The van der Waals surface area contributed by atoms with Gasteiger partial charge in [-0.2, -0.15) is 0 Å². The molecular weight excluding hydrogens is 272 g/mol. The second-order valence-corrected chi connectivity index (χ2v) is 6.15. The van der Waals surface area contributed by atoms with Crippen molar-refractivity contribution in [1.29, 1.82) is 0 Å². The Bertz CT molecular complexity index is 132. The molecule has 104 valence electrons. The summed E-state index contributed by atoms with van der Waals surface area (Å²) in [6.45, 7) is -1.10. The molecule has 0 fully saturated rings. The first kappa shape index (κ1) is 17.4.